The lowest BCUT2D eigenvalue weighted by molar-refractivity contribution is 0.0647. The number of piperidine rings is 1. The summed E-state index contributed by atoms with van der Waals surface area (Å²) in [6.45, 7) is 0.976. The van der Waals surface area contributed by atoms with Gasteiger partial charge in [-0.05, 0) is 49.2 Å². The molecule has 0 bridgehead atoms. The number of para-hydroxylation sites is 1. The maximum atomic E-state index is 12.5. The van der Waals surface area contributed by atoms with E-state index < -0.39 is 0 Å². The van der Waals surface area contributed by atoms with Crippen molar-refractivity contribution in [2.75, 3.05) is 13.1 Å². The van der Waals surface area contributed by atoms with Crippen LogP contribution in [-0.4, -0.2) is 39.9 Å². The molecule has 0 aliphatic carbocycles. The summed E-state index contributed by atoms with van der Waals surface area (Å²) in [7, 11) is 0. The van der Waals surface area contributed by atoms with Crippen LogP contribution in [0.5, 0.6) is 11.5 Å². The van der Waals surface area contributed by atoms with Crippen molar-refractivity contribution in [1.29, 1.82) is 0 Å². The summed E-state index contributed by atoms with van der Waals surface area (Å²) in [5.41, 5.74) is 0.874. The molecular formula is C19H19NO4. The smallest absolute Gasteiger partial charge is 0.257 e. The maximum absolute atomic E-state index is 12.5. The molecule has 0 unspecified atom stereocenters. The van der Waals surface area contributed by atoms with E-state index in [4.69, 9.17) is 0 Å². The van der Waals surface area contributed by atoms with E-state index in [-0.39, 0.29) is 29.1 Å². The number of benzene rings is 2. The number of hydrogen-bond acceptors (Lipinski definition) is 4. The molecule has 0 radical (unpaired) electrons. The molecule has 1 saturated heterocycles. The third-order valence-electron chi connectivity index (χ3n) is 4.44. The number of likely N-dealkylation sites (tertiary alicyclic amines) is 1. The molecule has 2 aromatic carbocycles. The molecule has 1 fully saturated rings. The van der Waals surface area contributed by atoms with Gasteiger partial charge in [0.05, 0.1) is 5.56 Å². The highest BCUT2D eigenvalue weighted by molar-refractivity contribution is 5.99. The van der Waals surface area contributed by atoms with Crippen molar-refractivity contribution in [3.63, 3.8) is 0 Å². The maximum Gasteiger partial charge on any atom is 0.257 e. The molecule has 5 heteroatoms. The largest absolute Gasteiger partial charge is 0.508 e. The minimum atomic E-state index is -0.205. The van der Waals surface area contributed by atoms with Crippen LogP contribution in [-0.2, 0) is 0 Å². The van der Waals surface area contributed by atoms with Gasteiger partial charge in [0.1, 0.15) is 11.5 Å². The first-order chi connectivity index (χ1) is 11.6. The Balaban J connectivity index is 1.63. The van der Waals surface area contributed by atoms with Crippen LogP contribution in [0, 0.1) is 5.92 Å². The van der Waals surface area contributed by atoms with Crippen LogP contribution in [0.4, 0.5) is 0 Å². The summed E-state index contributed by atoms with van der Waals surface area (Å²) < 4.78 is 0. The van der Waals surface area contributed by atoms with Gasteiger partial charge in [0.15, 0.2) is 5.78 Å². The second-order valence-corrected chi connectivity index (χ2v) is 5.99. The number of rotatable bonds is 3. The summed E-state index contributed by atoms with van der Waals surface area (Å²) in [5.74, 6) is -0.171. The fourth-order valence-corrected chi connectivity index (χ4v) is 3.03. The zero-order valence-electron chi connectivity index (χ0n) is 13.2. The second-order valence-electron chi connectivity index (χ2n) is 5.99. The van der Waals surface area contributed by atoms with Crippen molar-refractivity contribution in [2.24, 2.45) is 5.92 Å². The molecular weight excluding hydrogens is 306 g/mol. The number of carbonyl (C=O) groups excluding carboxylic acids is 2. The lowest BCUT2D eigenvalue weighted by atomic mass is 9.88. The van der Waals surface area contributed by atoms with E-state index >= 15 is 0 Å². The first-order valence-electron chi connectivity index (χ1n) is 7.97. The molecule has 2 aromatic rings. The SMILES string of the molecule is O=C(c1ccc(O)cc1)C1CCN(C(=O)c2ccccc2O)CC1. The Morgan fingerprint density at radius 2 is 1.54 bits per heavy atom. The Bertz CT molecular complexity index is 746. The van der Waals surface area contributed by atoms with Crippen molar-refractivity contribution < 1.29 is 19.8 Å². The fraction of sp³-hybridized carbons (Fsp3) is 0.263. The van der Waals surface area contributed by atoms with Gasteiger partial charge in [-0.2, -0.15) is 0 Å². The molecule has 5 nitrogen and oxygen atoms in total. The van der Waals surface area contributed by atoms with Gasteiger partial charge in [0.25, 0.3) is 5.91 Å². The number of hydrogen-bond donors (Lipinski definition) is 2. The Morgan fingerprint density at radius 3 is 2.17 bits per heavy atom. The second kappa shape index (κ2) is 6.74. The molecule has 0 aromatic heterocycles. The normalized spacial score (nSPS) is 15.2. The lowest BCUT2D eigenvalue weighted by Crippen LogP contribution is -2.40. The fourth-order valence-electron chi connectivity index (χ4n) is 3.03. The van der Waals surface area contributed by atoms with Crippen LogP contribution in [0.25, 0.3) is 0 Å². The van der Waals surface area contributed by atoms with Gasteiger partial charge in [-0.15, -0.1) is 0 Å². The Kier molecular flexibility index (Phi) is 4.51. The molecule has 0 atom stereocenters. The van der Waals surface area contributed by atoms with Crippen molar-refractivity contribution in [3.8, 4) is 11.5 Å². The lowest BCUT2D eigenvalue weighted by Gasteiger charge is -2.31. The minimum absolute atomic E-state index is 0.0233. The Morgan fingerprint density at radius 1 is 0.917 bits per heavy atom. The highest BCUT2D eigenvalue weighted by atomic mass is 16.3. The molecule has 1 heterocycles. The molecule has 124 valence electrons. The topological polar surface area (TPSA) is 77.8 Å². The Hall–Kier alpha value is -2.82. The van der Waals surface area contributed by atoms with Gasteiger partial charge in [-0.1, -0.05) is 12.1 Å². The number of ketones is 1. The standard InChI is InChI=1S/C19H19NO4/c21-15-7-5-13(6-8-15)18(23)14-9-11-20(12-10-14)19(24)16-3-1-2-4-17(16)22/h1-8,14,21-22H,9-12H2. The Labute approximate surface area is 140 Å². The van der Waals surface area contributed by atoms with Crippen molar-refractivity contribution >= 4 is 11.7 Å². The third kappa shape index (κ3) is 3.25. The molecule has 24 heavy (non-hydrogen) atoms. The molecule has 0 saturated carbocycles. The minimum Gasteiger partial charge on any atom is -0.508 e. The van der Waals surface area contributed by atoms with Gasteiger partial charge in [-0.3, -0.25) is 9.59 Å². The first-order valence-corrected chi connectivity index (χ1v) is 7.97. The highest BCUT2D eigenvalue weighted by Crippen LogP contribution is 2.25. The van der Waals surface area contributed by atoms with Crippen molar-refractivity contribution in [2.45, 2.75) is 12.8 Å². The van der Waals surface area contributed by atoms with Gasteiger partial charge in [0, 0.05) is 24.6 Å². The van der Waals surface area contributed by atoms with E-state index in [2.05, 4.69) is 0 Å². The molecule has 1 aliphatic heterocycles. The quantitative estimate of drug-likeness (QED) is 0.851. The van der Waals surface area contributed by atoms with E-state index in [9.17, 15) is 19.8 Å². The molecule has 1 aliphatic rings. The van der Waals surface area contributed by atoms with Gasteiger partial charge < -0.3 is 15.1 Å². The average molecular weight is 325 g/mol. The summed E-state index contributed by atoms with van der Waals surface area (Å²) in [5, 5.41) is 19.1. The van der Waals surface area contributed by atoms with Gasteiger partial charge in [-0.25, -0.2) is 0 Å². The predicted molar refractivity (Wildman–Crippen MR) is 89.2 cm³/mol. The number of amides is 1. The zero-order chi connectivity index (χ0) is 17.1. The number of phenols is 2. The van der Waals surface area contributed by atoms with Crippen LogP contribution in [0.1, 0.15) is 33.6 Å². The molecule has 2 N–H and O–H groups in total. The third-order valence-corrected chi connectivity index (χ3v) is 4.44. The molecule has 1 amide bonds. The molecule has 0 spiro atoms. The van der Waals surface area contributed by atoms with Crippen LogP contribution >= 0.6 is 0 Å². The zero-order valence-corrected chi connectivity index (χ0v) is 13.2. The number of carbonyl (C=O) groups is 2. The molecule has 3 rings (SSSR count). The van der Waals surface area contributed by atoms with Crippen LogP contribution in [0.3, 0.4) is 0 Å². The van der Waals surface area contributed by atoms with E-state index in [1.165, 1.54) is 18.2 Å². The van der Waals surface area contributed by atoms with E-state index in [1.54, 1.807) is 35.2 Å². The van der Waals surface area contributed by atoms with Gasteiger partial charge >= 0.3 is 0 Å². The number of aromatic hydroxyl groups is 2. The highest BCUT2D eigenvalue weighted by Gasteiger charge is 2.29. The summed E-state index contributed by atoms with van der Waals surface area (Å²) in [6.07, 6.45) is 1.19. The number of phenolic OH excluding ortho intramolecular Hbond substituents is 2. The van der Waals surface area contributed by atoms with E-state index in [0.717, 1.165) is 0 Å². The first kappa shape index (κ1) is 16.1. The number of Topliss-reactive ketones (excluding diaryl/α,β-unsaturated/α-hetero) is 1. The number of nitrogens with zero attached hydrogens (tertiary/aromatic N) is 1. The van der Waals surface area contributed by atoms with Crippen LogP contribution in [0.2, 0.25) is 0 Å². The van der Waals surface area contributed by atoms with Crippen LogP contribution in [0.15, 0.2) is 48.5 Å². The van der Waals surface area contributed by atoms with E-state index in [0.29, 0.717) is 37.1 Å². The summed E-state index contributed by atoms with van der Waals surface area (Å²) in [6, 6.07) is 12.7. The monoisotopic (exact) mass is 325 g/mol. The van der Waals surface area contributed by atoms with Crippen LogP contribution < -0.4 is 0 Å². The van der Waals surface area contributed by atoms with Gasteiger partial charge in [0.2, 0.25) is 0 Å². The summed E-state index contributed by atoms with van der Waals surface area (Å²) >= 11 is 0. The van der Waals surface area contributed by atoms with E-state index in [1.807, 2.05) is 0 Å². The van der Waals surface area contributed by atoms with Crippen molar-refractivity contribution in [3.05, 3.63) is 59.7 Å². The average Bonchev–Trinajstić information content (AvgIpc) is 2.62. The van der Waals surface area contributed by atoms with Crippen molar-refractivity contribution in [1.82, 2.24) is 4.90 Å². The summed E-state index contributed by atoms with van der Waals surface area (Å²) in [4.78, 5) is 26.6. The predicted octanol–water partition coefficient (Wildman–Crippen LogP) is 2.83.